The molecular formula is C12H18N4O. The molecule has 0 bridgehead atoms. The van der Waals surface area contributed by atoms with Gasteiger partial charge in [-0.1, -0.05) is 13.3 Å². The van der Waals surface area contributed by atoms with Gasteiger partial charge in [-0.25, -0.2) is 0 Å². The maximum atomic E-state index is 12.4. The maximum absolute atomic E-state index is 12.4. The highest BCUT2D eigenvalue weighted by atomic mass is 16.2. The van der Waals surface area contributed by atoms with Gasteiger partial charge in [0.2, 0.25) is 5.91 Å². The summed E-state index contributed by atoms with van der Waals surface area (Å²) in [4.78, 5) is 13.7. The zero-order valence-corrected chi connectivity index (χ0v) is 10.2. The van der Waals surface area contributed by atoms with Gasteiger partial charge in [-0.05, 0) is 25.8 Å². The Bertz CT molecular complexity index is 330. The lowest BCUT2D eigenvalue weighted by Crippen LogP contribution is -2.55. The Balaban J connectivity index is 2.82. The zero-order valence-electron chi connectivity index (χ0n) is 10.2. The molecule has 1 atom stereocenters. The molecule has 1 amide bonds. The number of nitrogens with one attached hydrogen (secondary N) is 1. The fourth-order valence-electron chi connectivity index (χ4n) is 2.41. The van der Waals surface area contributed by atoms with Crippen LogP contribution in [0.3, 0.4) is 0 Å². The minimum atomic E-state index is -0.539. The molecule has 1 rings (SSSR count). The van der Waals surface area contributed by atoms with E-state index >= 15 is 0 Å². The summed E-state index contributed by atoms with van der Waals surface area (Å²) in [6.07, 6.45) is 3.44. The largest absolute Gasteiger partial charge is 0.314 e. The monoisotopic (exact) mass is 234 g/mol. The minimum Gasteiger partial charge on any atom is -0.314 e. The van der Waals surface area contributed by atoms with Crippen LogP contribution < -0.4 is 5.32 Å². The van der Waals surface area contributed by atoms with Gasteiger partial charge in [0, 0.05) is 0 Å². The SMILES string of the molecule is CCCC1(C(=O)N(CC#N)CC#N)CCCN1. The molecule has 1 N–H and O–H groups in total. The van der Waals surface area contributed by atoms with Crippen molar-refractivity contribution in [2.45, 2.75) is 38.1 Å². The number of carbonyl (C=O) groups is 1. The smallest absolute Gasteiger partial charge is 0.244 e. The van der Waals surface area contributed by atoms with Crippen molar-refractivity contribution < 1.29 is 4.79 Å². The lowest BCUT2D eigenvalue weighted by Gasteiger charge is -2.32. The van der Waals surface area contributed by atoms with Crippen LogP contribution in [-0.2, 0) is 4.79 Å². The molecule has 0 radical (unpaired) electrons. The van der Waals surface area contributed by atoms with Crippen LogP contribution in [0.5, 0.6) is 0 Å². The summed E-state index contributed by atoms with van der Waals surface area (Å²) < 4.78 is 0. The van der Waals surface area contributed by atoms with Gasteiger partial charge in [-0.3, -0.25) is 4.79 Å². The van der Waals surface area contributed by atoms with E-state index in [1.165, 1.54) is 4.90 Å². The minimum absolute atomic E-state index is 0.0143. The molecule has 0 aromatic heterocycles. The first kappa shape index (κ1) is 13.5. The molecular weight excluding hydrogens is 216 g/mol. The molecule has 17 heavy (non-hydrogen) atoms. The zero-order chi connectivity index (χ0) is 12.7. The molecule has 0 aliphatic carbocycles. The van der Waals surface area contributed by atoms with E-state index in [0.717, 1.165) is 32.2 Å². The van der Waals surface area contributed by atoms with Gasteiger partial charge in [0.1, 0.15) is 13.1 Å². The average molecular weight is 234 g/mol. The predicted octanol–water partition coefficient (Wildman–Crippen LogP) is 0.784. The normalized spacial score (nSPS) is 22.8. The van der Waals surface area contributed by atoms with E-state index in [1.54, 1.807) is 0 Å². The van der Waals surface area contributed by atoms with Crippen LogP contribution >= 0.6 is 0 Å². The molecule has 5 heteroatoms. The number of carbonyl (C=O) groups excluding carboxylic acids is 1. The van der Waals surface area contributed by atoms with E-state index in [9.17, 15) is 4.79 Å². The van der Waals surface area contributed by atoms with Crippen molar-refractivity contribution >= 4 is 5.91 Å². The second-order valence-electron chi connectivity index (χ2n) is 4.34. The van der Waals surface area contributed by atoms with Gasteiger partial charge in [0.15, 0.2) is 0 Å². The molecule has 0 saturated carbocycles. The molecule has 1 aliphatic rings. The summed E-state index contributed by atoms with van der Waals surface area (Å²) in [6, 6.07) is 3.89. The number of amides is 1. The second-order valence-corrected chi connectivity index (χ2v) is 4.34. The molecule has 5 nitrogen and oxygen atoms in total. The van der Waals surface area contributed by atoms with Crippen molar-refractivity contribution in [2.24, 2.45) is 0 Å². The predicted molar refractivity (Wildman–Crippen MR) is 62.7 cm³/mol. The fourth-order valence-corrected chi connectivity index (χ4v) is 2.41. The summed E-state index contributed by atoms with van der Waals surface area (Å²) in [5.74, 6) is -0.0973. The highest BCUT2D eigenvalue weighted by Gasteiger charge is 2.42. The number of nitrogens with zero attached hydrogens (tertiary/aromatic N) is 3. The third kappa shape index (κ3) is 2.95. The van der Waals surface area contributed by atoms with Crippen LogP contribution in [0.15, 0.2) is 0 Å². The van der Waals surface area contributed by atoms with Crippen molar-refractivity contribution in [3.63, 3.8) is 0 Å². The summed E-state index contributed by atoms with van der Waals surface area (Å²) in [5, 5.41) is 20.6. The average Bonchev–Trinajstić information content (AvgIpc) is 2.78. The third-order valence-corrected chi connectivity index (χ3v) is 3.14. The molecule has 1 heterocycles. The Morgan fingerprint density at radius 3 is 2.47 bits per heavy atom. The molecule has 0 spiro atoms. The Morgan fingerprint density at radius 2 is 2.06 bits per heavy atom. The lowest BCUT2D eigenvalue weighted by molar-refractivity contribution is -0.137. The van der Waals surface area contributed by atoms with E-state index in [-0.39, 0.29) is 19.0 Å². The third-order valence-electron chi connectivity index (χ3n) is 3.14. The highest BCUT2D eigenvalue weighted by molar-refractivity contribution is 5.87. The topological polar surface area (TPSA) is 79.9 Å². The van der Waals surface area contributed by atoms with E-state index in [0.29, 0.717) is 0 Å². The van der Waals surface area contributed by atoms with Gasteiger partial charge >= 0.3 is 0 Å². The molecule has 1 aliphatic heterocycles. The number of rotatable bonds is 5. The lowest BCUT2D eigenvalue weighted by atomic mass is 9.90. The van der Waals surface area contributed by atoms with Crippen molar-refractivity contribution in [3.8, 4) is 12.1 Å². The van der Waals surface area contributed by atoms with Crippen molar-refractivity contribution in [1.29, 1.82) is 10.5 Å². The first-order valence-electron chi connectivity index (χ1n) is 5.98. The quantitative estimate of drug-likeness (QED) is 0.713. The Kier molecular flexibility index (Phi) is 4.93. The van der Waals surface area contributed by atoms with Crippen LogP contribution in [0, 0.1) is 22.7 Å². The number of nitriles is 2. The Labute approximate surface area is 102 Å². The van der Waals surface area contributed by atoms with E-state index in [1.807, 2.05) is 19.1 Å². The molecule has 1 fully saturated rings. The fraction of sp³-hybridized carbons (Fsp3) is 0.750. The standard InChI is InChI=1S/C12H18N4O/c1-2-4-12(5-3-8-15-12)11(17)16(9-6-13)10-7-14/h15H,2-5,8-10H2,1H3. The van der Waals surface area contributed by atoms with Crippen LogP contribution in [0.25, 0.3) is 0 Å². The van der Waals surface area contributed by atoms with Crippen molar-refractivity contribution in [2.75, 3.05) is 19.6 Å². The van der Waals surface area contributed by atoms with E-state index in [4.69, 9.17) is 10.5 Å². The molecule has 0 aromatic carbocycles. The van der Waals surface area contributed by atoms with Crippen LogP contribution in [0.2, 0.25) is 0 Å². The Hall–Kier alpha value is -1.59. The number of hydrogen-bond donors (Lipinski definition) is 1. The highest BCUT2D eigenvalue weighted by Crippen LogP contribution is 2.26. The van der Waals surface area contributed by atoms with Gasteiger partial charge in [0.25, 0.3) is 0 Å². The maximum Gasteiger partial charge on any atom is 0.244 e. The van der Waals surface area contributed by atoms with Crippen LogP contribution in [0.1, 0.15) is 32.6 Å². The summed E-state index contributed by atoms with van der Waals surface area (Å²) in [5.41, 5.74) is -0.539. The Morgan fingerprint density at radius 1 is 1.41 bits per heavy atom. The van der Waals surface area contributed by atoms with Gasteiger partial charge in [-0.2, -0.15) is 10.5 Å². The van der Waals surface area contributed by atoms with Gasteiger partial charge in [0.05, 0.1) is 17.7 Å². The van der Waals surface area contributed by atoms with E-state index in [2.05, 4.69) is 5.32 Å². The van der Waals surface area contributed by atoms with Crippen molar-refractivity contribution in [3.05, 3.63) is 0 Å². The van der Waals surface area contributed by atoms with Crippen molar-refractivity contribution in [1.82, 2.24) is 10.2 Å². The summed E-state index contributed by atoms with van der Waals surface area (Å²) in [7, 11) is 0. The molecule has 92 valence electrons. The summed E-state index contributed by atoms with van der Waals surface area (Å²) >= 11 is 0. The van der Waals surface area contributed by atoms with E-state index < -0.39 is 5.54 Å². The first-order chi connectivity index (χ1) is 8.20. The number of hydrogen-bond acceptors (Lipinski definition) is 4. The molecule has 1 unspecified atom stereocenters. The molecule has 0 aromatic rings. The summed E-state index contributed by atoms with van der Waals surface area (Å²) in [6.45, 7) is 2.84. The first-order valence-corrected chi connectivity index (χ1v) is 5.98. The van der Waals surface area contributed by atoms with Gasteiger partial charge in [-0.15, -0.1) is 0 Å². The second kappa shape index (κ2) is 6.22. The van der Waals surface area contributed by atoms with Crippen LogP contribution in [0.4, 0.5) is 0 Å². The van der Waals surface area contributed by atoms with Gasteiger partial charge < -0.3 is 10.2 Å². The van der Waals surface area contributed by atoms with Crippen LogP contribution in [-0.4, -0.2) is 36.0 Å². The molecule has 1 saturated heterocycles.